The van der Waals surface area contributed by atoms with E-state index in [4.69, 9.17) is 17.3 Å². The number of hydrogen-bond donors (Lipinski definition) is 1. The van der Waals surface area contributed by atoms with Gasteiger partial charge in [0.25, 0.3) is 0 Å². The maximum absolute atomic E-state index is 6.17. The largest absolute Gasteiger partial charge is 0.317 e. The zero-order chi connectivity index (χ0) is 14.4. The zero-order valence-corrected chi connectivity index (χ0v) is 11.8. The molecule has 2 heteroatoms. The molecule has 100 valence electrons. The van der Waals surface area contributed by atoms with Crippen molar-refractivity contribution in [3.8, 4) is 11.8 Å². The van der Waals surface area contributed by atoms with Crippen LogP contribution in [0.15, 0.2) is 67.3 Å². The summed E-state index contributed by atoms with van der Waals surface area (Å²) in [6.45, 7) is 3.86. The summed E-state index contributed by atoms with van der Waals surface area (Å²) in [5.74, 6) is 6.18. The second kappa shape index (κ2) is 6.96. The number of rotatable bonds is 3. The Morgan fingerprint density at radius 1 is 1.05 bits per heavy atom. The lowest BCUT2D eigenvalue weighted by molar-refractivity contribution is 0.742. The van der Waals surface area contributed by atoms with Crippen LogP contribution in [0.5, 0.6) is 0 Å². The average Bonchev–Trinajstić information content (AvgIpc) is 2.48. The second-order valence-corrected chi connectivity index (χ2v) is 4.91. The summed E-state index contributed by atoms with van der Waals surface area (Å²) in [5.41, 5.74) is 8.20. The fraction of sp³-hybridized carbons (Fsp3) is 0.111. The molecule has 0 aliphatic carbocycles. The van der Waals surface area contributed by atoms with E-state index in [0.717, 1.165) is 11.1 Å². The second-order valence-electron chi connectivity index (χ2n) is 4.47. The maximum atomic E-state index is 6.17. The summed E-state index contributed by atoms with van der Waals surface area (Å²) in [4.78, 5) is 0. The SMILES string of the molecule is C=CC(c1ccccc1)C(N)C#Cc1ccc(Cl)cc1. The average molecular weight is 282 g/mol. The molecule has 0 fully saturated rings. The molecule has 0 spiro atoms. The summed E-state index contributed by atoms with van der Waals surface area (Å²) in [5, 5.41) is 0.702. The van der Waals surface area contributed by atoms with Crippen LogP contribution >= 0.6 is 11.6 Å². The fourth-order valence-corrected chi connectivity index (χ4v) is 2.08. The fourth-order valence-electron chi connectivity index (χ4n) is 1.95. The molecule has 0 amide bonds. The van der Waals surface area contributed by atoms with Crippen molar-refractivity contribution >= 4 is 11.6 Å². The minimum atomic E-state index is -0.287. The van der Waals surface area contributed by atoms with Crippen molar-refractivity contribution in [2.45, 2.75) is 12.0 Å². The van der Waals surface area contributed by atoms with E-state index in [1.807, 2.05) is 60.7 Å². The third kappa shape index (κ3) is 3.74. The highest BCUT2D eigenvalue weighted by molar-refractivity contribution is 6.30. The molecular formula is C18H16ClN. The minimum Gasteiger partial charge on any atom is -0.317 e. The Morgan fingerprint density at radius 3 is 2.30 bits per heavy atom. The molecule has 0 saturated heterocycles. The van der Waals surface area contributed by atoms with Crippen molar-refractivity contribution in [2.75, 3.05) is 0 Å². The van der Waals surface area contributed by atoms with Gasteiger partial charge in [0.05, 0.1) is 6.04 Å². The molecule has 2 atom stereocenters. The van der Waals surface area contributed by atoms with Gasteiger partial charge >= 0.3 is 0 Å². The molecular weight excluding hydrogens is 266 g/mol. The van der Waals surface area contributed by atoms with E-state index in [1.165, 1.54) is 0 Å². The van der Waals surface area contributed by atoms with E-state index < -0.39 is 0 Å². The van der Waals surface area contributed by atoms with Gasteiger partial charge in [0.15, 0.2) is 0 Å². The lowest BCUT2D eigenvalue weighted by atomic mass is 9.92. The van der Waals surface area contributed by atoms with Gasteiger partial charge in [-0.25, -0.2) is 0 Å². The van der Waals surface area contributed by atoms with Crippen LogP contribution in [-0.2, 0) is 0 Å². The van der Waals surface area contributed by atoms with Crippen molar-refractivity contribution < 1.29 is 0 Å². The molecule has 0 aliphatic rings. The summed E-state index contributed by atoms with van der Waals surface area (Å²) in [7, 11) is 0. The standard InChI is InChI=1S/C18H16ClN/c1-2-17(15-6-4-3-5-7-15)18(20)13-10-14-8-11-16(19)12-9-14/h2-9,11-12,17-18H,1,20H2. The molecule has 0 saturated carbocycles. The zero-order valence-electron chi connectivity index (χ0n) is 11.1. The van der Waals surface area contributed by atoms with Crippen LogP contribution in [0.1, 0.15) is 17.0 Å². The molecule has 1 nitrogen and oxygen atoms in total. The smallest absolute Gasteiger partial charge is 0.0772 e. The number of nitrogens with two attached hydrogens (primary N) is 1. The lowest BCUT2D eigenvalue weighted by Gasteiger charge is -2.16. The van der Waals surface area contributed by atoms with Crippen LogP contribution in [-0.4, -0.2) is 6.04 Å². The van der Waals surface area contributed by atoms with Crippen LogP contribution in [0.2, 0.25) is 5.02 Å². The van der Waals surface area contributed by atoms with Gasteiger partial charge in [-0.15, -0.1) is 6.58 Å². The van der Waals surface area contributed by atoms with E-state index in [2.05, 4.69) is 18.4 Å². The summed E-state index contributed by atoms with van der Waals surface area (Å²) < 4.78 is 0. The Kier molecular flexibility index (Phi) is 5.01. The molecule has 0 aliphatic heterocycles. The monoisotopic (exact) mass is 281 g/mol. The molecule has 20 heavy (non-hydrogen) atoms. The molecule has 0 aromatic heterocycles. The summed E-state index contributed by atoms with van der Waals surface area (Å²) in [6, 6.07) is 17.2. The van der Waals surface area contributed by atoms with Crippen molar-refractivity contribution in [1.82, 2.24) is 0 Å². The quantitative estimate of drug-likeness (QED) is 0.668. The van der Waals surface area contributed by atoms with Crippen LogP contribution in [0.3, 0.4) is 0 Å². The van der Waals surface area contributed by atoms with Crippen molar-refractivity contribution in [1.29, 1.82) is 0 Å². The molecule has 0 heterocycles. The highest BCUT2D eigenvalue weighted by atomic mass is 35.5. The molecule has 2 rings (SSSR count). The topological polar surface area (TPSA) is 26.0 Å². The number of hydrogen-bond acceptors (Lipinski definition) is 1. The van der Waals surface area contributed by atoms with Gasteiger partial charge in [-0.3, -0.25) is 0 Å². The van der Waals surface area contributed by atoms with Crippen LogP contribution in [0.4, 0.5) is 0 Å². The molecule has 2 aromatic rings. The van der Waals surface area contributed by atoms with E-state index in [1.54, 1.807) is 0 Å². The minimum absolute atomic E-state index is 0.0241. The van der Waals surface area contributed by atoms with E-state index in [0.29, 0.717) is 5.02 Å². The maximum Gasteiger partial charge on any atom is 0.0772 e. The molecule has 0 bridgehead atoms. The third-order valence-electron chi connectivity index (χ3n) is 3.05. The van der Waals surface area contributed by atoms with E-state index in [-0.39, 0.29) is 12.0 Å². The summed E-state index contributed by atoms with van der Waals surface area (Å²) in [6.07, 6.45) is 1.84. The van der Waals surface area contributed by atoms with Gasteiger partial charge in [-0.1, -0.05) is 59.8 Å². The Morgan fingerprint density at radius 2 is 1.70 bits per heavy atom. The predicted octanol–water partition coefficient (Wildman–Crippen LogP) is 3.99. The van der Waals surface area contributed by atoms with Crippen molar-refractivity contribution in [2.24, 2.45) is 5.73 Å². The van der Waals surface area contributed by atoms with Gasteiger partial charge in [0.1, 0.15) is 0 Å². The Bertz CT molecular complexity index is 620. The summed E-state index contributed by atoms with van der Waals surface area (Å²) >= 11 is 5.84. The lowest BCUT2D eigenvalue weighted by Crippen LogP contribution is -2.25. The predicted molar refractivity (Wildman–Crippen MR) is 85.7 cm³/mol. The molecule has 2 N–H and O–H groups in total. The third-order valence-corrected chi connectivity index (χ3v) is 3.30. The molecule has 2 unspecified atom stereocenters. The number of halogens is 1. The Balaban J connectivity index is 2.16. The Hall–Kier alpha value is -2.01. The van der Waals surface area contributed by atoms with E-state index >= 15 is 0 Å². The van der Waals surface area contributed by atoms with Gasteiger partial charge in [-0.05, 0) is 29.8 Å². The Labute approximate surface area is 125 Å². The van der Waals surface area contributed by atoms with Crippen LogP contribution in [0, 0.1) is 11.8 Å². The van der Waals surface area contributed by atoms with Crippen molar-refractivity contribution in [3.63, 3.8) is 0 Å². The van der Waals surface area contributed by atoms with Gasteiger partial charge in [0, 0.05) is 16.5 Å². The number of benzene rings is 2. The first-order valence-corrected chi connectivity index (χ1v) is 6.78. The van der Waals surface area contributed by atoms with Crippen LogP contribution < -0.4 is 5.73 Å². The van der Waals surface area contributed by atoms with Gasteiger partial charge < -0.3 is 5.73 Å². The van der Waals surface area contributed by atoms with Crippen molar-refractivity contribution in [3.05, 3.63) is 83.4 Å². The van der Waals surface area contributed by atoms with Gasteiger partial charge in [-0.2, -0.15) is 0 Å². The molecule has 2 aromatic carbocycles. The first-order valence-electron chi connectivity index (χ1n) is 6.41. The first kappa shape index (κ1) is 14.4. The van der Waals surface area contributed by atoms with E-state index in [9.17, 15) is 0 Å². The first-order chi connectivity index (χ1) is 9.70. The normalized spacial score (nSPS) is 12.9. The van der Waals surface area contributed by atoms with Crippen LogP contribution in [0.25, 0.3) is 0 Å². The highest BCUT2D eigenvalue weighted by Gasteiger charge is 2.13. The van der Waals surface area contributed by atoms with Gasteiger partial charge in [0.2, 0.25) is 0 Å². The molecule has 0 radical (unpaired) electrons. The highest BCUT2D eigenvalue weighted by Crippen LogP contribution is 2.19.